The van der Waals surface area contributed by atoms with Crippen LogP contribution in [0.3, 0.4) is 0 Å². The zero-order chi connectivity index (χ0) is 14.0. The van der Waals surface area contributed by atoms with E-state index < -0.39 is 5.97 Å². The number of amides is 1. The van der Waals surface area contributed by atoms with Crippen LogP contribution in [0.4, 0.5) is 5.69 Å². The van der Waals surface area contributed by atoms with Gasteiger partial charge in [-0.3, -0.25) is 9.59 Å². The van der Waals surface area contributed by atoms with E-state index in [-0.39, 0.29) is 24.3 Å². The summed E-state index contributed by atoms with van der Waals surface area (Å²) >= 11 is 0. The quantitative estimate of drug-likeness (QED) is 0.702. The summed E-state index contributed by atoms with van der Waals surface area (Å²) in [6.45, 7) is 1.88. The lowest BCUT2D eigenvalue weighted by Gasteiger charge is -2.17. The fourth-order valence-electron chi connectivity index (χ4n) is 2.14. The monoisotopic (exact) mass is 262 g/mol. The van der Waals surface area contributed by atoms with Gasteiger partial charge in [0.1, 0.15) is 0 Å². The Labute approximate surface area is 111 Å². The van der Waals surface area contributed by atoms with Crippen LogP contribution >= 0.6 is 0 Å². The van der Waals surface area contributed by atoms with Crippen LogP contribution in [-0.2, 0) is 4.79 Å². The molecule has 1 amide bonds. The highest BCUT2D eigenvalue weighted by Crippen LogP contribution is 2.34. The molecule has 5 heteroatoms. The summed E-state index contributed by atoms with van der Waals surface area (Å²) in [5, 5.41) is 11.7. The number of carbonyl (C=O) groups excluding carboxylic acids is 1. The third-order valence-electron chi connectivity index (χ3n) is 3.36. The van der Waals surface area contributed by atoms with Gasteiger partial charge in [-0.25, -0.2) is 0 Å². The smallest absolute Gasteiger partial charge is 0.305 e. The number of carbonyl (C=O) groups is 2. The molecule has 102 valence electrons. The van der Waals surface area contributed by atoms with E-state index in [2.05, 4.69) is 5.32 Å². The molecule has 0 aromatic heterocycles. The van der Waals surface area contributed by atoms with Crippen molar-refractivity contribution in [1.29, 1.82) is 0 Å². The molecular weight excluding hydrogens is 244 g/mol. The van der Waals surface area contributed by atoms with Gasteiger partial charge in [-0.1, -0.05) is 11.6 Å². The lowest BCUT2D eigenvalue weighted by molar-refractivity contribution is -0.137. The van der Waals surface area contributed by atoms with E-state index in [1.54, 1.807) is 12.1 Å². The molecule has 0 radical (unpaired) electrons. The van der Waals surface area contributed by atoms with Crippen molar-refractivity contribution in [3.8, 4) is 0 Å². The van der Waals surface area contributed by atoms with E-state index in [4.69, 9.17) is 10.8 Å². The summed E-state index contributed by atoms with van der Waals surface area (Å²) in [6, 6.07) is 4.94. The van der Waals surface area contributed by atoms with Crippen molar-refractivity contribution in [2.75, 3.05) is 5.73 Å². The van der Waals surface area contributed by atoms with E-state index >= 15 is 0 Å². The lowest BCUT2D eigenvalue weighted by Crippen LogP contribution is -2.38. The van der Waals surface area contributed by atoms with Crippen molar-refractivity contribution in [3.05, 3.63) is 29.3 Å². The standard InChI is InChI=1S/C14H18N2O3/c1-8-2-5-11(15)10(6-8)14(19)16-12(7-13(17)18)9-3-4-9/h2,5-6,9,12H,3-4,7,15H2,1H3,(H,16,19)(H,17,18). The number of hydrogen-bond donors (Lipinski definition) is 3. The number of hydrogen-bond acceptors (Lipinski definition) is 3. The molecule has 0 spiro atoms. The second-order valence-electron chi connectivity index (χ2n) is 5.11. The van der Waals surface area contributed by atoms with Gasteiger partial charge in [0.2, 0.25) is 0 Å². The van der Waals surface area contributed by atoms with Crippen LogP contribution in [0.25, 0.3) is 0 Å². The van der Waals surface area contributed by atoms with Crippen LogP contribution in [0.5, 0.6) is 0 Å². The first-order valence-corrected chi connectivity index (χ1v) is 6.36. The lowest BCUT2D eigenvalue weighted by atomic mass is 10.1. The predicted octanol–water partition coefficient (Wildman–Crippen LogP) is 1.56. The molecule has 1 aromatic carbocycles. The maximum Gasteiger partial charge on any atom is 0.305 e. The molecule has 2 rings (SSSR count). The second-order valence-corrected chi connectivity index (χ2v) is 5.11. The zero-order valence-electron chi connectivity index (χ0n) is 10.8. The molecule has 5 nitrogen and oxygen atoms in total. The molecule has 0 heterocycles. The molecule has 1 unspecified atom stereocenters. The van der Waals surface area contributed by atoms with Crippen LogP contribution < -0.4 is 11.1 Å². The van der Waals surface area contributed by atoms with Crippen LogP contribution in [0, 0.1) is 12.8 Å². The van der Waals surface area contributed by atoms with Gasteiger partial charge in [-0.05, 0) is 37.8 Å². The van der Waals surface area contributed by atoms with Crippen molar-refractivity contribution in [2.24, 2.45) is 5.92 Å². The third-order valence-corrected chi connectivity index (χ3v) is 3.36. The molecule has 0 bridgehead atoms. The van der Waals surface area contributed by atoms with Crippen LogP contribution in [-0.4, -0.2) is 23.0 Å². The van der Waals surface area contributed by atoms with Crippen molar-refractivity contribution in [3.63, 3.8) is 0 Å². The van der Waals surface area contributed by atoms with Crippen molar-refractivity contribution in [1.82, 2.24) is 5.32 Å². The Bertz CT molecular complexity index is 509. The molecular formula is C14H18N2O3. The summed E-state index contributed by atoms with van der Waals surface area (Å²) in [4.78, 5) is 23.0. The number of nitrogen functional groups attached to an aromatic ring is 1. The Morgan fingerprint density at radius 3 is 2.74 bits per heavy atom. The number of benzene rings is 1. The van der Waals surface area contributed by atoms with Crippen molar-refractivity contribution < 1.29 is 14.7 Å². The van der Waals surface area contributed by atoms with Crippen LogP contribution in [0.1, 0.15) is 35.2 Å². The van der Waals surface area contributed by atoms with Gasteiger partial charge in [-0.2, -0.15) is 0 Å². The Morgan fingerprint density at radius 2 is 2.16 bits per heavy atom. The molecule has 4 N–H and O–H groups in total. The minimum atomic E-state index is -0.894. The van der Waals surface area contributed by atoms with E-state index in [1.807, 2.05) is 13.0 Å². The summed E-state index contributed by atoms with van der Waals surface area (Å²) in [7, 11) is 0. The first-order valence-electron chi connectivity index (χ1n) is 6.36. The van der Waals surface area contributed by atoms with Crippen molar-refractivity contribution >= 4 is 17.6 Å². The molecule has 0 saturated heterocycles. The fourth-order valence-corrected chi connectivity index (χ4v) is 2.14. The molecule has 1 atom stereocenters. The van der Waals surface area contributed by atoms with Gasteiger partial charge in [0.05, 0.1) is 12.0 Å². The Morgan fingerprint density at radius 1 is 1.47 bits per heavy atom. The summed E-state index contributed by atoms with van der Waals surface area (Å²) in [5.41, 5.74) is 7.55. The molecule has 1 fully saturated rings. The summed E-state index contributed by atoms with van der Waals surface area (Å²) in [6.07, 6.45) is 1.91. The molecule has 0 aliphatic heterocycles. The predicted molar refractivity (Wildman–Crippen MR) is 71.8 cm³/mol. The highest BCUT2D eigenvalue weighted by molar-refractivity contribution is 5.99. The van der Waals surface area contributed by atoms with Crippen molar-refractivity contribution in [2.45, 2.75) is 32.2 Å². The largest absolute Gasteiger partial charge is 0.481 e. The number of rotatable bonds is 5. The maximum absolute atomic E-state index is 12.2. The molecule has 1 aliphatic rings. The molecule has 1 aliphatic carbocycles. The Balaban J connectivity index is 2.10. The highest BCUT2D eigenvalue weighted by atomic mass is 16.4. The maximum atomic E-state index is 12.2. The molecule has 19 heavy (non-hydrogen) atoms. The van der Waals surface area contributed by atoms with Gasteiger partial charge in [-0.15, -0.1) is 0 Å². The summed E-state index contributed by atoms with van der Waals surface area (Å²) in [5.74, 6) is -0.903. The van der Waals surface area contributed by atoms with Crippen LogP contribution in [0.15, 0.2) is 18.2 Å². The first kappa shape index (κ1) is 13.4. The average Bonchev–Trinajstić information content (AvgIpc) is 3.14. The number of aryl methyl sites for hydroxylation is 1. The zero-order valence-corrected chi connectivity index (χ0v) is 10.8. The number of anilines is 1. The number of nitrogens with one attached hydrogen (secondary N) is 1. The highest BCUT2D eigenvalue weighted by Gasteiger charge is 2.34. The average molecular weight is 262 g/mol. The first-order chi connectivity index (χ1) is 8.97. The van der Waals surface area contributed by atoms with Gasteiger partial charge in [0, 0.05) is 11.7 Å². The molecule has 1 aromatic rings. The van der Waals surface area contributed by atoms with E-state index in [0.717, 1.165) is 18.4 Å². The normalized spacial score (nSPS) is 15.8. The van der Waals surface area contributed by atoms with E-state index in [9.17, 15) is 9.59 Å². The van der Waals surface area contributed by atoms with Crippen LogP contribution in [0.2, 0.25) is 0 Å². The Hall–Kier alpha value is -2.04. The van der Waals surface area contributed by atoms with Gasteiger partial charge < -0.3 is 16.2 Å². The van der Waals surface area contributed by atoms with Gasteiger partial charge in [0.25, 0.3) is 5.91 Å². The SMILES string of the molecule is Cc1ccc(N)c(C(=O)NC(CC(=O)O)C2CC2)c1. The van der Waals surface area contributed by atoms with Gasteiger partial charge >= 0.3 is 5.97 Å². The number of carboxylic acids is 1. The topological polar surface area (TPSA) is 92.4 Å². The van der Waals surface area contributed by atoms with E-state index in [1.165, 1.54) is 0 Å². The fraction of sp³-hybridized carbons (Fsp3) is 0.429. The molecule has 1 saturated carbocycles. The van der Waals surface area contributed by atoms with Gasteiger partial charge in [0.15, 0.2) is 0 Å². The number of aliphatic carboxylic acids is 1. The number of nitrogens with two attached hydrogens (primary N) is 1. The Kier molecular flexibility index (Phi) is 3.74. The minimum absolute atomic E-state index is 0.0396. The van der Waals surface area contributed by atoms with E-state index in [0.29, 0.717) is 11.3 Å². The summed E-state index contributed by atoms with van der Waals surface area (Å²) < 4.78 is 0. The minimum Gasteiger partial charge on any atom is -0.481 e. The third kappa shape index (κ3) is 3.47. The number of carboxylic acid groups (broad SMARTS) is 1. The second kappa shape index (κ2) is 5.30.